The van der Waals surface area contributed by atoms with Crippen molar-refractivity contribution in [2.45, 2.75) is 25.2 Å². The number of rotatable bonds is 6. The van der Waals surface area contributed by atoms with Gasteiger partial charge in [-0.05, 0) is 29.7 Å². The molecule has 0 unspecified atom stereocenters. The van der Waals surface area contributed by atoms with Crippen LogP contribution in [0.25, 0.3) is 0 Å². The maximum Gasteiger partial charge on any atom is 0.254 e. The summed E-state index contributed by atoms with van der Waals surface area (Å²) in [5.74, 6) is 0.0989. The predicted octanol–water partition coefficient (Wildman–Crippen LogP) is 4.63. The van der Waals surface area contributed by atoms with Gasteiger partial charge in [-0.2, -0.15) is 0 Å². The fourth-order valence-corrected chi connectivity index (χ4v) is 2.62. The van der Waals surface area contributed by atoms with Crippen LogP contribution in [0.3, 0.4) is 0 Å². The van der Waals surface area contributed by atoms with E-state index in [0.717, 1.165) is 29.4 Å². The van der Waals surface area contributed by atoms with E-state index in [9.17, 15) is 4.79 Å². The van der Waals surface area contributed by atoms with Crippen LogP contribution in [0.5, 0.6) is 0 Å². The van der Waals surface area contributed by atoms with Crippen LogP contribution in [0.2, 0.25) is 0 Å². The number of nitrogens with zero attached hydrogens (tertiary/aromatic N) is 1. The van der Waals surface area contributed by atoms with Crippen LogP contribution in [-0.4, -0.2) is 17.4 Å². The molecule has 21 heavy (non-hydrogen) atoms. The zero-order valence-corrected chi connectivity index (χ0v) is 13.8. The van der Waals surface area contributed by atoms with Crippen molar-refractivity contribution in [3.63, 3.8) is 0 Å². The molecule has 3 heteroatoms. The third kappa shape index (κ3) is 4.43. The molecule has 0 saturated heterocycles. The molecule has 0 bridgehead atoms. The average molecular weight is 346 g/mol. The minimum absolute atomic E-state index is 0.0989. The maximum atomic E-state index is 12.7. The summed E-state index contributed by atoms with van der Waals surface area (Å²) >= 11 is 3.42. The van der Waals surface area contributed by atoms with E-state index in [1.807, 2.05) is 47.4 Å². The van der Waals surface area contributed by atoms with Crippen molar-refractivity contribution in [1.29, 1.82) is 0 Å². The predicted molar refractivity (Wildman–Crippen MR) is 90.5 cm³/mol. The van der Waals surface area contributed by atoms with Gasteiger partial charge in [0.05, 0.1) is 0 Å². The van der Waals surface area contributed by atoms with Crippen LogP contribution < -0.4 is 0 Å². The molecule has 0 atom stereocenters. The molecule has 1 amide bonds. The minimum Gasteiger partial charge on any atom is -0.334 e. The van der Waals surface area contributed by atoms with Crippen molar-refractivity contribution < 1.29 is 4.79 Å². The zero-order valence-electron chi connectivity index (χ0n) is 12.3. The summed E-state index contributed by atoms with van der Waals surface area (Å²) in [6, 6.07) is 17.9. The van der Waals surface area contributed by atoms with Crippen LogP contribution in [0.4, 0.5) is 0 Å². The number of hydrogen-bond donors (Lipinski definition) is 0. The molecule has 0 aliphatic rings. The Hall–Kier alpha value is -1.61. The monoisotopic (exact) mass is 345 g/mol. The fraction of sp³-hybridized carbons (Fsp3) is 0.278. The highest BCUT2D eigenvalue weighted by Gasteiger charge is 2.15. The second kappa shape index (κ2) is 7.99. The van der Waals surface area contributed by atoms with Crippen LogP contribution in [-0.2, 0) is 11.9 Å². The molecule has 0 aliphatic carbocycles. The van der Waals surface area contributed by atoms with E-state index in [2.05, 4.69) is 35.0 Å². The molecular formula is C18H20BrNO. The summed E-state index contributed by atoms with van der Waals surface area (Å²) in [6.45, 7) is 3.53. The van der Waals surface area contributed by atoms with E-state index in [4.69, 9.17) is 0 Å². The fourth-order valence-electron chi connectivity index (χ4n) is 2.25. The highest BCUT2D eigenvalue weighted by Crippen LogP contribution is 2.13. The first-order chi connectivity index (χ1) is 10.2. The van der Waals surface area contributed by atoms with Gasteiger partial charge in [0.2, 0.25) is 0 Å². The lowest BCUT2D eigenvalue weighted by atomic mass is 10.1. The molecule has 0 N–H and O–H groups in total. The molecule has 0 spiro atoms. The number of halogens is 1. The van der Waals surface area contributed by atoms with Crippen molar-refractivity contribution in [2.24, 2.45) is 0 Å². The normalized spacial score (nSPS) is 10.4. The lowest BCUT2D eigenvalue weighted by molar-refractivity contribution is 0.0743. The van der Waals surface area contributed by atoms with E-state index < -0.39 is 0 Å². The highest BCUT2D eigenvalue weighted by molar-refractivity contribution is 9.08. The summed E-state index contributed by atoms with van der Waals surface area (Å²) in [5.41, 5.74) is 3.09. The SMILES string of the molecule is CCCN(Cc1ccccc1)C(=O)c1ccc(CBr)cc1. The Morgan fingerprint density at radius 2 is 1.67 bits per heavy atom. The van der Waals surface area contributed by atoms with Crippen molar-refractivity contribution >= 4 is 21.8 Å². The van der Waals surface area contributed by atoms with Gasteiger partial charge in [-0.1, -0.05) is 65.3 Å². The minimum atomic E-state index is 0.0989. The zero-order chi connectivity index (χ0) is 15.1. The van der Waals surface area contributed by atoms with E-state index in [1.54, 1.807) is 0 Å². The van der Waals surface area contributed by atoms with Gasteiger partial charge in [0.1, 0.15) is 0 Å². The van der Waals surface area contributed by atoms with Crippen LogP contribution in [0, 0.1) is 0 Å². The molecule has 2 rings (SSSR count). The first-order valence-corrected chi connectivity index (χ1v) is 8.35. The summed E-state index contributed by atoms with van der Waals surface area (Å²) in [5, 5.41) is 0.810. The van der Waals surface area contributed by atoms with E-state index >= 15 is 0 Å². The second-order valence-corrected chi connectivity index (χ2v) is 5.60. The molecule has 2 aromatic rings. The third-order valence-electron chi connectivity index (χ3n) is 3.35. The highest BCUT2D eigenvalue weighted by atomic mass is 79.9. The largest absolute Gasteiger partial charge is 0.334 e. The van der Waals surface area contributed by atoms with Gasteiger partial charge in [-0.3, -0.25) is 4.79 Å². The molecule has 0 fully saturated rings. The van der Waals surface area contributed by atoms with Crippen LogP contribution in [0.1, 0.15) is 34.8 Å². The molecule has 0 saturated carbocycles. The molecule has 0 radical (unpaired) electrons. The van der Waals surface area contributed by atoms with Crippen LogP contribution >= 0.6 is 15.9 Å². The van der Waals surface area contributed by atoms with Gasteiger partial charge in [-0.15, -0.1) is 0 Å². The number of benzene rings is 2. The van der Waals surface area contributed by atoms with Crippen molar-refractivity contribution in [1.82, 2.24) is 4.90 Å². The second-order valence-electron chi connectivity index (χ2n) is 5.04. The molecule has 0 heterocycles. The summed E-state index contributed by atoms with van der Waals surface area (Å²) in [7, 11) is 0. The number of carbonyl (C=O) groups is 1. The molecule has 2 nitrogen and oxygen atoms in total. The molecule has 0 aliphatic heterocycles. The third-order valence-corrected chi connectivity index (χ3v) is 4.00. The first kappa shape index (κ1) is 15.8. The number of amides is 1. The lowest BCUT2D eigenvalue weighted by Gasteiger charge is -2.22. The summed E-state index contributed by atoms with van der Waals surface area (Å²) in [6.07, 6.45) is 0.956. The quantitative estimate of drug-likeness (QED) is 0.698. The van der Waals surface area contributed by atoms with E-state index in [0.29, 0.717) is 6.54 Å². The summed E-state index contributed by atoms with van der Waals surface area (Å²) < 4.78 is 0. The van der Waals surface area contributed by atoms with Gasteiger partial charge in [0.15, 0.2) is 0 Å². The Kier molecular flexibility index (Phi) is 6.00. The smallest absolute Gasteiger partial charge is 0.254 e. The standard InChI is InChI=1S/C18H20BrNO/c1-2-12-20(14-16-6-4-3-5-7-16)18(21)17-10-8-15(13-19)9-11-17/h3-11H,2,12-14H2,1H3. The van der Waals surface area contributed by atoms with Crippen LogP contribution in [0.15, 0.2) is 54.6 Å². The Balaban J connectivity index is 2.14. The van der Waals surface area contributed by atoms with E-state index in [1.165, 1.54) is 5.56 Å². The van der Waals surface area contributed by atoms with Gasteiger partial charge in [-0.25, -0.2) is 0 Å². The van der Waals surface area contributed by atoms with Crippen molar-refractivity contribution in [2.75, 3.05) is 6.54 Å². The van der Waals surface area contributed by atoms with E-state index in [-0.39, 0.29) is 5.91 Å². The molecule has 110 valence electrons. The Labute approximate surface area is 134 Å². The lowest BCUT2D eigenvalue weighted by Crippen LogP contribution is -2.31. The van der Waals surface area contributed by atoms with Gasteiger partial charge < -0.3 is 4.90 Å². The summed E-state index contributed by atoms with van der Waals surface area (Å²) in [4.78, 5) is 14.6. The Morgan fingerprint density at radius 1 is 1.00 bits per heavy atom. The van der Waals surface area contributed by atoms with Gasteiger partial charge in [0.25, 0.3) is 5.91 Å². The van der Waals surface area contributed by atoms with Gasteiger partial charge in [0, 0.05) is 24.0 Å². The van der Waals surface area contributed by atoms with Gasteiger partial charge >= 0.3 is 0 Å². The molecule has 2 aromatic carbocycles. The molecular weight excluding hydrogens is 326 g/mol. The Bertz CT molecular complexity index is 566. The average Bonchev–Trinajstić information content (AvgIpc) is 2.55. The topological polar surface area (TPSA) is 20.3 Å². The maximum absolute atomic E-state index is 12.7. The Morgan fingerprint density at radius 3 is 2.24 bits per heavy atom. The first-order valence-electron chi connectivity index (χ1n) is 7.22. The van der Waals surface area contributed by atoms with Crippen molar-refractivity contribution in [3.8, 4) is 0 Å². The number of alkyl halides is 1. The molecule has 0 aromatic heterocycles. The number of carbonyl (C=O) groups excluding carboxylic acids is 1. The van der Waals surface area contributed by atoms with Crippen molar-refractivity contribution in [3.05, 3.63) is 71.3 Å². The number of hydrogen-bond acceptors (Lipinski definition) is 1.